The van der Waals surface area contributed by atoms with Gasteiger partial charge in [0, 0.05) is 29.4 Å². The van der Waals surface area contributed by atoms with Crippen molar-refractivity contribution in [3.8, 4) is 0 Å². The van der Waals surface area contributed by atoms with Gasteiger partial charge in [-0.2, -0.15) is 0 Å². The molecule has 0 bridgehead atoms. The number of nitrogens with one attached hydrogen (secondary N) is 2. The molecular weight excluding hydrogens is 354 g/mol. The van der Waals surface area contributed by atoms with Crippen molar-refractivity contribution in [2.75, 3.05) is 18.9 Å². The third-order valence-electron chi connectivity index (χ3n) is 4.07. The standard InChI is InChI=1S/C19H16ClN3O3/c1-11-13-5-3-4-6-14(13)19(26)23(11)10-17(24)22-16-9-12(18(25)21-2)7-8-15(16)20/h3-9H,1,10H2,2H3,(H,21,25)(H,22,24). The number of anilines is 1. The zero-order valence-electron chi connectivity index (χ0n) is 14.0. The Bertz CT molecular complexity index is 904. The van der Waals surface area contributed by atoms with Crippen LogP contribution in [0.4, 0.5) is 5.69 Å². The third kappa shape index (κ3) is 3.19. The Morgan fingerprint density at radius 2 is 1.85 bits per heavy atom. The molecule has 0 atom stereocenters. The fourth-order valence-corrected chi connectivity index (χ4v) is 2.91. The average Bonchev–Trinajstić information content (AvgIpc) is 2.88. The number of fused-ring (bicyclic) bond motifs is 1. The molecule has 1 heterocycles. The lowest BCUT2D eigenvalue weighted by molar-refractivity contribution is -0.116. The van der Waals surface area contributed by atoms with Crippen LogP contribution in [0.2, 0.25) is 5.02 Å². The maximum atomic E-state index is 12.5. The lowest BCUT2D eigenvalue weighted by atomic mass is 10.1. The molecule has 0 aliphatic carbocycles. The molecular formula is C19H16ClN3O3. The zero-order chi connectivity index (χ0) is 18.8. The van der Waals surface area contributed by atoms with Crippen LogP contribution >= 0.6 is 11.6 Å². The van der Waals surface area contributed by atoms with E-state index in [0.717, 1.165) is 0 Å². The Morgan fingerprint density at radius 3 is 2.50 bits per heavy atom. The normalized spacial score (nSPS) is 12.8. The molecule has 2 aromatic carbocycles. The van der Waals surface area contributed by atoms with E-state index in [-0.39, 0.29) is 18.4 Å². The molecule has 7 heteroatoms. The van der Waals surface area contributed by atoms with Gasteiger partial charge < -0.3 is 10.6 Å². The van der Waals surface area contributed by atoms with Crippen LogP contribution in [0.3, 0.4) is 0 Å². The molecule has 1 aliphatic heterocycles. The van der Waals surface area contributed by atoms with Gasteiger partial charge in [-0.05, 0) is 24.3 Å². The second-order valence-corrected chi connectivity index (χ2v) is 6.11. The van der Waals surface area contributed by atoms with Gasteiger partial charge in [-0.1, -0.05) is 36.4 Å². The molecule has 1 aliphatic rings. The Balaban J connectivity index is 1.75. The number of hydrogen-bond donors (Lipinski definition) is 2. The molecule has 0 saturated carbocycles. The lowest BCUT2D eigenvalue weighted by Gasteiger charge is -2.17. The highest BCUT2D eigenvalue weighted by Gasteiger charge is 2.31. The van der Waals surface area contributed by atoms with E-state index in [4.69, 9.17) is 11.6 Å². The number of nitrogens with zero attached hydrogens (tertiary/aromatic N) is 1. The minimum Gasteiger partial charge on any atom is -0.355 e. The van der Waals surface area contributed by atoms with Crippen LogP contribution in [0.25, 0.3) is 5.70 Å². The van der Waals surface area contributed by atoms with Gasteiger partial charge in [-0.15, -0.1) is 0 Å². The van der Waals surface area contributed by atoms with E-state index in [1.54, 1.807) is 24.3 Å². The SMILES string of the molecule is C=C1c2ccccc2C(=O)N1CC(=O)Nc1cc(C(=O)NC)ccc1Cl. The van der Waals surface area contributed by atoms with Crippen molar-refractivity contribution in [2.24, 2.45) is 0 Å². The van der Waals surface area contributed by atoms with Crippen LogP contribution in [-0.4, -0.2) is 36.2 Å². The number of rotatable bonds is 4. The summed E-state index contributed by atoms with van der Waals surface area (Å²) in [5.74, 6) is -1.01. The van der Waals surface area contributed by atoms with E-state index in [1.165, 1.54) is 24.1 Å². The number of amides is 3. The van der Waals surface area contributed by atoms with E-state index in [2.05, 4.69) is 17.2 Å². The number of benzene rings is 2. The monoisotopic (exact) mass is 369 g/mol. The van der Waals surface area contributed by atoms with Crippen molar-refractivity contribution in [1.29, 1.82) is 0 Å². The van der Waals surface area contributed by atoms with Crippen molar-refractivity contribution in [2.45, 2.75) is 0 Å². The van der Waals surface area contributed by atoms with Crippen LogP contribution in [0.15, 0.2) is 49.0 Å². The van der Waals surface area contributed by atoms with Gasteiger partial charge in [0.2, 0.25) is 5.91 Å². The van der Waals surface area contributed by atoms with Gasteiger partial charge in [0.15, 0.2) is 0 Å². The lowest BCUT2D eigenvalue weighted by Crippen LogP contribution is -2.32. The molecule has 0 aromatic heterocycles. The first kappa shape index (κ1) is 17.7. The van der Waals surface area contributed by atoms with Crippen LogP contribution < -0.4 is 10.6 Å². The van der Waals surface area contributed by atoms with Gasteiger partial charge in [-0.3, -0.25) is 19.3 Å². The number of halogens is 1. The molecule has 0 radical (unpaired) electrons. The molecule has 132 valence electrons. The van der Waals surface area contributed by atoms with Gasteiger partial charge in [0.25, 0.3) is 11.8 Å². The highest BCUT2D eigenvalue weighted by Crippen LogP contribution is 2.31. The summed E-state index contributed by atoms with van der Waals surface area (Å²) in [5.41, 5.74) is 2.37. The molecule has 2 aromatic rings. The van der Waals surface area contributed by atoms with E-state index in [9.17, 15) is 14.4 Å². The van der Waals surface area contributed by atoms with Crippen LogP contribution in [0.5, 0.6) is 0 Å². The van der Waals surface area contributed by atoms with Gasteiger partial charge >= 0.3 is 0 Å². The van der Waals surface area contributed by atoms with Crippen molar-refractivity contribution >= 4 is 40.7 Å². The molecule has 0 saturated heterocycles. The maximum Gasteiger partial charge on any atom is 0.259 e. The number of carbonyl (C=O) groups excluding carboxylic acids is 3. The van der Waals surface area contributed by atoms with Crippen molar-refractivity contribution in [1.82, 2.24) is 10.2 Å². The summed E-state index contributed by atoms with van der Waals surface area (Å²) < 4.78 is 0. The second kappa shape index (κ2) is 7.01. The topological polar surface area (TPSA) is 78.5 Å². The predicted molar refractivity (Wildman–Crippen MR) is 100.0 cm³/mol. The van der Waals surface area contributed by atoms with Crippen LogP contribution in [-0.2, 0) is 4.79 Å². The highest BCUT2D eigenvalue weighted by molar-refractivity contribution is 6.34. The summed E-state index contributed by atoms with van der Waals surface area (Å²) in [6.45, 7) is 3.70. The van der Waals surface area contributed by atoms with E-state index < -0.39 is 5.91 Å². The number of hydrogen-bond acceptors (Lipinski definition) is 3. The summed E-state index contributed by atoms with van der Waals surface area (Å²) in [7, 11) is 1.51. The Kier molecular flexibility index (Phi) is 4.77. The predicted octanol–water partition coefficient (Wildman–Crippen LogP) is 2.76. The van der Waals surface area contributed by atoms with Gasteiger partial charge in [0.1, 0.15) is 6.54 Å². The minimum absolute atomic E-state index is 0.202. The first-order chi connectivity index (χ1) is 12.4. The minimum atomic E-state index is -0.441. The summed E-state index contributed by atoms with van der Waals surface area (Å²) in [6.07, 6.45) is 0. The molecule has 3 rings (SSSR count). The van der Waals surface area contributed by atoms with Crippen LogP contribution in [0, 0.1) is 0 Å². The van der Waals surface area contributed by atoms with Crippen molar-refractivity contribution in [3.05, 3.63) is 70.8 Å². The van der Waals surface area contributed by atoms with Crippen molar-refractivity contribution < 1.29 is 14.4 Å². The molecule has 2 N–H and O–H groups in total. The summed E-state index contributed by atoms with van der Waals surface area (Å²) >= 11 is 6.09. The Hall–Kier alpha value is -3.12. The summed E-state index contributed by atoms with van der Waals surface area (Å²) in [4.78, 5) is 37.9. The van der Waals surface area contributed by atoms with Gasteiger partial charge in [-0.25, -0.2) is 0 Å². The molecule has 0 spiro atoms. The van der Waals surface area contributed by atoms with Gasteiger partial charge in [0.05, 0.1) is 10.7 Å². The summed E-state index contributed by atoms with van der Waals surface area (Å²) in [6, 6.07) is 11.6. The smallest absolute Gasteiger partial charge is 0.259 e. The summed E-state index contributed by atoms with van der Waals surface area (Å²) in [5, 5.41) is 5.43. The molecule has 0 unspecified atom stereocenters. The quantitative estimate of drug-likeness (QED) is 0.869. The van der Waals surface area contributed by atoms with E-state index in [0.29, 0.717) is 33.1 Å². The fraction of sp³-hybridized carbons (Fsp3) is 0.105. The molecule has 3 amide bonds. The Morgan fingerprint density at radius 1 is 1.15 bits per heavy atom. The highest BCUT2D eigenvalue weighted by atomic mass is 35.5. The first-order valence-corrected chi connectivity index (χ1v) is 8.22. The average molecular weight is 370 g/mol. The molecule has 26 heavy (non-hydrogen) atoms. The first-order valence-electron chi connectivity index (χ1n) is 7.84. The molecule has 6 nitrogen and oxygen atoms in total. The maximum absolute atomic E-state index is 12.5. The van der Waals surface area contributed by atoms with Crippen LogP contribution in [0.1, 0.15) is 26.3 Å². The third-order valence-corrected chi connectivity index (χ3v) is 4.40. The van der Waals surface area contributed by atoms with Crippen molar-refractivity contribution in [3.63, 3.8) is 0 Å². The fourth-order valence-electron chi connectivity index (χ4n) is 2.74. The van der Waals surface area contributed by atoms with E-state index >= 15 is 0 Å². The Labute approximate surface area is 155 Å². The second-order valence-electron chi connectivity index (χ2n) is 5.71. The number of carbonyl (C=O) groups is 3. The zero-order valence-corrected chi connectivity index (χ0v) is 14.8. The van der Waals surface area contributed by atoms with E-state index in [1.807, 2.05) is 6.07 Å². The largest absolute Gasteiger partial charge is 0.355 e. The molecule has 0 fully saturated rings.